The van der Waals surface area contributed by atoms with E-state index in [4.69, 9.17) is 9.47 Å². The van der Waals surface area contributed by atoms with Gasteiger partial charge in [0.2, 0.25) is 5.75 Å². The second-order valence-electron chi connectivity index (χ2n) is 6.79. The van der Waals surface area contributed by atoms with Crippen molar-refractivity contribution < 1.29 is 35.0 Å². The van der Waals surface area contributed by atoms with Crippen molar-refractivity contribution in [2.75, 3.05) is 14.2 Å². The molecular formula is C21H28O7. The van der Waals surface area contributed by atoms with Crippen molar-refractivity contribution in [2.24, 2.45) is 0 Å². The first kappa shape index (κ1) is 21.7. The van der Waals surface area contributed by atoms with Crippen molar-refractivity contribution in [3.63, 3.8) is 0 Å². The van der Waals surface area contributed by atoms with Crippen LogP contribution in [0.1, 0.15) is 30.4 Å². The topological polar surface area (TPSA) is 120 Å². The fourth-order valence-corrected chi connectivity index (χ4v) is 3.04. The number of aromatic hydroxyl groups is 3. The number of ether oxygens (including phenoxy) is 2. The Morgan fingerprint density at radius 1 is 0.750 bits per heavy atom. The van der Waals surface area contributed by atoms with Gasteiger partial charge in [0.25, 0.3) is 0 Å². The molecule has 5 N–H and O–H groups in total. The van der Waals surface area contributed by atoms with Gasteiger partial charge in [-0.05, 0) is 67.5 Å². The zero-order valence-electron chi connectivity index (χ0n) is 16.1. The molecule has 0 aliphatic rings. The van der Waals surface area contributed by atoms with Gasteiger partial charge in [0, 0.05) is 0 Å². The summed E-state index contributed by atoms with van der Waals surface area (Å²) in [7, 11) is 2.88. The molecule has 0 radical (unpaired) electrons. The van der Waals surface area contributed by atoms with Crippen molar-refractivity contribution in [3.8, 4) is 28.7 Å². The van der Waals surface area contributed by atoms with E-state index >= 15 is 0 Å². The number of phenolic OH excluding ortho intramolecular Hbond substituents is 3. The summed E-state index contributed by atoms with van der Waals surface area (Å²) in [6.07, 6.45) is 0.789. The molecule has 0 aliphatic heterocycles. The van der Waals surface area contributed by atoms with E-state index in [9.17, 15) is 25.5 Å². The van der Waals surface area contributed by atoms with Crippen molar-refractivity contribution in [3.05, 3.63) is 41.5 Å². The zero-order valence-corrected chi connectivity index (χ0v) is 16.1. The molecule has 7 nitrogen and oxygen atoms in total. The Labute approximate surface area is 164 Å². The van der Waals surface area contributed by atoms with Crippen molar-refractivity contribution in [1.29, 1.82) is 0 Å². The van der Waals surface area contributed by atoms with Crippen LogP contribution in [-0.4, -0.2) is 52.0 Å². The molecular weight excluding hydrogens is 364 g/mol. The molecule has 0 aromatic heterocycles. The second-order valence-corrected chi connectivity index (χ2v) is 6.79. The highest BCUT2D eigenvalue weighted by molar-refractivity contribution is 5.51. The number of rotatable bonds is 10. The van der Waals surface area contributed by atoms with Gasteiger partial charge in [0.15, 0.2) is 23.0 Å². The van der Waals surface area contributed by atoms with Crippen LogP contribution in [0, 0.1) is 0 Å². The standard InChI is InChI=1S/C21H28O7/c1-27-19-10-13(5-8-17(19)24)3-6-15(22)12-16(23)7-4-14-9-18(25)21(26)20(11-14)28-2/h5,8-11,15-16,22-26H,3-4,6-7,12H2,1-2H3. The number of hydrogen-bond donors (Lipinski definition) is 5. The third kappa shape index (κ3) is 5.94. The van der Waals surface area contributed by atoms with Crippen LogP contribution in [0.2, 0.25) is 0 Å². The Morgan fingerprint density at radius 2 is 1.32 bits per heavy atom. The molecule has 2 rings (SSSR count). The maximum atomic E-state index is 10.2. The van der Waals surface area contributed by atoms with Crippen molar-refractivity contribution >= 4 is 0 Å². The predicted octanol–water partition coefficient (Wildman–Crippen LogP) is 2.50. The molecule has 0 amide bonds. The molecule has 0 aliphatic carbocycles. The summed E-state index contributed by atoms with van der Waals surface area (Å²) >= 11 is 0. The summed E-state index contributed by atoms with van der Waals surface area (Å²) in [6.45, 7) is 0. The van der Waals surface area contributed by atoms with Crippen LogP contribution in [0.3, 0.4) is 0 Å². The largest absolute Gasteiger partial charge is 0.504 e. The van der Waals surface area contributed by atoms with E-state index in [-0.39, 0.29) is 29.4 Å². The van der Waals surface area contributed by atoms with E-state index < -0.39 is 12.2 Å². The molecule has 2 unspecified atom stereocenters. The van der Waals surface area contributed by atoms with Crippen LogP contribution >= 0.6 is 0 Å². The third-order valence-electron chi connectivity index (χ3n) is 4.66. The van der Waals surface area contributed by atoms with E-state index in [2.05, 4.69) is 0 Å². The first-order valence-electron chi connectivity index (χ1n) is 9.14. The van der Waals surface area contributed by atoms with E-state index in [0.29, 0.717) is 31.4 Å². The lowest BCUT2D eigenvalue weighted by Gasteiger charge is -2.16. The zero-order chi connectivity index (χ0) is 20.7. The van der Waals surface area contributed by atoms with Gasteiger partial charge in [-0.2, -0.15) is 0 Å². The number of methoxy groups -OCH3 is 2. The van der Waals surface area contributed by atoms with Gasteiger partial charge in [0.1, 0.15) is 0 Å². The summed E-state index contributed by atoms with van der Waals surface area (Å²) in [4.78, 5) is 0. The SMILES string of the molecule is COc1cc(CCC(O)CC(O)CCc2cc(O)c(O)c(OC)c2)ccc1O. The number of hydrogen-bond acceptors (Lipinski definition) is 7. The van der Waals surface area contributed by atoms with Gasteiger partial charge < -0.3 is 35.0 Å². The highest BCUT2D eigenvalue weighted by atomic mass is 16.5. The van der Waals surface area contributed by atoms with E-state index in [1.807, 2.05) is 0 Å². The maximum absolute atomic E-state index is 10.2. The Hall–Kier alpha value is -2.64. The van der Waals surface area contributed by atoms with Gasteiger partial charge in [-0.3, -0.25) is 0 Å². The van der Waals surface area contributed by atoms with Crippen LogP contribution in [0.4, 0.5) is 0 Å². The summed E-state index contributed by atoms with van der Waals surface area (Å²) in [6, 6.07) is 8.08. The second kappa shape index (κ2) is 10.1. The van der Waals surface area contributed by atoms with Crippen LogP contribution in [-0.2, 0) is 12.8 Å². The summed E-state index contributed by atoms with van der Waals surface area (Å²) in [5.74, 6) is 0.0499. The molecule has 7 heteroatoms. The molecule has 0 fully saturated rings. The van der Waals surface area contributed by atoms with E-state index in [1.165, 1.54) is 20.3 Å². The first-order chi connectivity index (χ1) is 13.3. The number of benzene rings is 2. The summed E-state index contributed by atoms with van der Waals surface area (Å²) in [5.41, 5.74) is 1.65. The Morgan fingerprint density at radius 3 is 1.93 bits per heavy atom. The molecule has 0 heterocycles. The maximum Gasteiger partial charge on any atom is 0.200 e. The van der Waals surface area contributed by atoms with Crippen LogP contribution in [0.15, 0.2) is 30.3 Å². The minimum Gasteiger partial charge on any atom is -0.504 e. The molecule has 0 saturated heterocycles. The number of aryl methyl sites for hydroxylation is 2. The monoisotopic (exact) mass is 392 g/mol. The molecule has 154 valence electrons. The van der Waals surface area contributed by atoms with Crippen LogP contribution < -0.4 is 9.47 Å². The molecule has 2 atom stereocenters. The molecule has 2 aromatic carbocycles. The lowest BCUT2D eigenvalue weighted by atomic mass is 9.98. The fraction of sp³-hybridized carbons (Fsp3) is 0.429. The smallest absolute Gasteiger partial charge is 0.200 e. The quantitative estimate of drug-likeness (QED) is 0.394. The Balaban J connectivity index is 1.81. The average Bonchev–Trinajstić information content (AvgIpc) is 2.68. The molecule has 0 spiro atoms. The van der Waals surface area contributed by atoms with Gasteiger partial charge in [-0.15, -0.1) is 0 Å². The summed E-state index contributed by atoms with van der Waals surface area (Å²) < 4.78 is 10.1. The van der Waals surface area contributed by atoms with E-state index in [0.717, 1.165) is 11.1 Å². The highest BCUT2D eigenvalue weighted by Crippen LogP contribution is 2.36. The minimum atomic E-state index is -0.703. The first-order valence-corrected chi connectivity index (χ1v) is 9.14. The Bertz CT molecular complexity index is 776. The van der Waals surface area contributed by atoms with Crippen molar-refractivity contribution in [1.82, 2.24) is 0 Å². The van der Waals surface area contributed by atoms with Crippen LogP contribution in [0.5, 0.6) is 28.7 Å². The van der Waals surface area contributed by atoms with Gasteiger partial charge in [-0.1, -0.05) is 6.07 Å². The summed E-state index contributed by atoms with van der Waals surface area (Å²) in [5, 5.41) is 49.3. The highest BCUT2D eigenvalue weighted by Gasteiger charge is 2.15. The Kier molecular flexibility index (Phi) is 7.78. The van der Waals surface area contributed by atoms with Gasteiger partial charge in [0.05, 0.1) is 26.4 Å². The van der Waals surface area contributed by atoms with Gasteiger partial charge in [-0.25, -0.2) is 0 Å². The van der Waals surface area contributed by atoms with Gasteiger partial charge >= 0.3 is 0 Å². The average molecular weight is 392 g/mol. The predicted molar refractivity (Wildman–Crippen MR) is 104 cm³/mol. The van der Waals surface area contributed by atoms with Crippen molar-refractivity contribution in [2.45, 2.75) is 44.3 Å². The minimum absolute atomic E-state index is 0.0686. The van der Waals surface area contributed by atoms with Crippen LogP contribution in [0.25, 0.3) is 0 Å². The normalized spacial score (nSPS) is 13.1. The molecule has 28 heavy (non-hydrogen) atoms. The number of phenols is 3. The lowest BCUT2D eigenvalue weighted by Crippen LogP contribution is -2.19. The van der Waals surface area contributed by atoms with E-state index in [1.54, 1.807) is 24.3 Å². The number of aliphatic hydroxyl groups excluding tert-OH is 2. The molecule has 2 aromatic rings. The lowest BCUT2D eigenvalue weighted by molar-refractivity contribution is 0.0714. The molecule has 0 bridgehead atoms. The molecule has 0 saturated carbocycles. The third-order valence-corrected chi connectivity index (χ3v) is 4.66. The number of aliphatic hydroxyl groups is 2. The fourth-order valence-electron chi connectivity index (χ4n) is 3.04.